The van der Waals surface area contributed by atoms with Gasteiger partial charge < -0.3 is 15.2 Å². The first-order chi connectivity index (χ1) is 12.5. The Morgan fingerprint density at radius 3 is 2.50 bits per heavy atom. The zero-order chi connectivity index (χ0) is 18.9. The van der Waals surface area contributed by atoms with Crippen molar-refractivity contribution in [3.63, 3.8) is 0 Å². The van der Waals surface area contributed by atoms with E-state index in [1.54, 1.807) is 43.7 Å². The molecule has 0 saturated carbocycles. The predicted octanol–water partition coefficient (Wildman–Crippen LogP) is 2.18. The van der Waals surface area contributed by atoms with Crippen molar-refractivity contribution in [2.75, 3.05) is 11.9 Å². The van der Waals surface area contributed by atoms with Crippen molar-refractivity contribution >= 4 is 23.3 Å². The Kier molecular flexibility index (Phi) is 6.84. The molecule has 0 radical (unpaired) electrons. The minimum Gasteiger partial charge on any atom is -0.352 e. The van der Waals surface area contributed by atoms with Crippen molar-refractivity contribution in [1.82, 2.24) is 14.9 Å². The maximum atomic E-state index is 12.1. The SMILES string of the molecule is CC(=O)c1ccc(NC(=O)/C(C)=C\C(=O)NCCCn2ccnc2)cc1. The number of aryl methyl sites for hydroxylation is 1. The normalized spacial score (nSPS) is 11.1. The summed E-state index contributed by atoms with van der Waals surface area (Å²) in [4.78, 5) is 39.2. The van der Waals surface area contributed by atoms with Crippen LogP contribution in [0.15, 0.2) is 54.6 Å². The van der Waals surface area contributed by atoms with Crippen LogP contribution in [0.25, 0.3) is 0 Å². The molecule has 0 saturated heterocycles. The van der Waals surface area contributed by atoms with Crippen molar-refractivity contribution in [3.05, 3.63) is 60.2 Å². The van der Waals surface area contributed by atoms with Crippen LogP contribution in [0, 0.1) is 0 Å². The van der Waals surface area contributed by atoms with E-state index in [1.807, 2.05) is 10.8 Å². The molecule has 2 aromatic rings. The van der Waals surface area contributed by atoms with Gasteiger partial charge in [0.25, 0.3) is 5.91 Å². The maximum Gasteiger partial charge on any atom is 0.251 e. The number of nitrogens with zero attached hydrogens (tertiary/aromatic N) is 2. The number of imidazole rings is 1. The van der Waals surface area contributed by atoms with Crippen LogP contribution < -0.4 is 10.6 Å². The summed E-state index contributed by atoms with van der Waals surface area (Å²) in [5.41, 5.74) is 1.44. The fourth-order valence-electron chi connectivity index (χ4n) is 2.22. The molecule has 1 heterocycles. The number of carbonyl (C=O) groups is 3. The second-order valence-electron chi connectivity index (χ2n) is 5.86. The van der Waals surface area contributed by atoms with Gasteiger partial charge in [-0.2, -0.15) is 0 Å². The fraction of sp³-hybridized carbons (Fsp3) is 0.263. The number of hydrogen-bond donors (Lipinski definition) is 2. The molecule has 0 aliphatic heterocycles. The van der Waals surface area contributed by atoms with Crippen LogP contribution in [-0.2, 0) is 16.1 Å². The van der Waals surface area contributed by atoms with Crippen molar-refractivity contribution in [2.45, 2.75) is 26.8 Å². The first-order valence-electron chi connectivity index (χ1n) is 8.30. The van der Waals surface area contributed by atoms with Crippen molar-refractivity contribution in [1.29, 1.82) is 0 Å². The highest BCUT2D eigenvalue weighted by atomic mass is 16.2. The molecule has 0 aliphatic rings. The average Bonchev–Trinajstić information content (AvgIpc) is 3.12. The van der Waals surface area contributed by atoms with E-state index in [2.05, 4.69) is 15.6 Å². The lowest BCUT2D eigenvalue weighted by atomic mass is 10.1. The molecule has 7 nitrogen and oxygen atoms in total. The Bertz CT molecular complexity index is 793. The van der Waals surface area contributed by atoms with Crippen molar-refractivity contribution < 1.29 is 14.4 Å². The Morgan fingerprint density at radius 2 is 1.88 bits per heavy atom. The van der Waals surface area contributed by atoms with Crippen LogP contribution in [0.3, 0.4) is 0 Å². The highest BCUT2D eigenvalue weighted by Gasteiger charge is 2.08. The minimum atomic E-state index is -0.367. The molecule has 0 aliphatic carbocycles. The molecule has 1 aromatic heterocycles. The van der Waals surface area contributed by atoms with Gasteiger partial charge in [-0.3, -0.25) is 14.4 Å². The topological polar surface area (TPSA) is 93.1 Å². The standard InChI is InChI=1S/C19H22N4O3/c1-14(12-18(25)21-8-3-10-23-11-9-20-13-23)19(26)22-17-6-4-16(5-7-17)15(2)24/h4-7,9,11-13H,3,8,10H2,1-2H3,(H,21,25)(H,22,26)/b14-12-. The molecule has 2 amide bonds. The van der Waals surface area contributed by atoms with E-state index in [0.29, 0.717) is 23.4 Å². The highest BCUT2D eigenvalue weighted by molar-refractivity contribution is 6.07. The Labute approximate surface area is 152 Å². The van der Waals surface area contributed by atoms with Gasteiger partial charge in [0.1, 0.15) is 0 Å². The van der Waals surface area contributed by atoms with Crippen molar-refractivity contribution in [2.24, 2.45) is 0 Å². The number of carbonyl (C=O) groups excluding carboxylic acids is 3. The number of rotatable bonds is 8. The van der Waals surface area contributed by atoms with E-state index >= 15 is 0 Å². The number of hydrogen-bond acceptors (Lipinski definition) is 4. The molecule has 7 heteroatoms. The maximum absolute atomic E-state index is 12.1. The molecular formula is C19H22N4O3. The van der Waals surface area contributed by atoms with E-state index in [-0.39, 0.29) is 17.6 Å². The van der Waals surface area contributed by atoms with Crippen LogP contribution in [0.2, 0.25) is 0 Å². The largest absolute Gasteiger partial charge is 0.352 e. The number of anilines is 1. The lowest BCUT2D eigenvalue weighted by Gasteiger charge is -2.07. The summed E-state index contributed by atoms with van der Waals surface area (Å²) < 4.78 is 1.93. The van der Waals surface area contributed by atoms with Crippen LogP contribution in [-0.4, -0.2) is 33.7 Å². The minimum absolute atomic E-state index is 0.0383. The second-order valence-corrected chi connectivity index (χ2v) is 5.86. The third-order valence-corrected chi connectivity index (χ3v) is 3.71. The van der Waals surface area contributed by atoms with Crippen LogP contribution in [0.4, 0.5) is 5.69 Å². The van der Waals surface area contributed by atoms with Crippen molar-refractivity contribution in [3.8, 4) is 0 Å². The molecule has 26 heavy (non-hydrogen) atoms. The van der Waals surface area contributed by atoms with Gasteiger partial charge in [-0.25, -0.2) is 4.98 Å². The predicted molar refractivity (Wildman–Crippen MR) is 98.7 cm³/mol. The van der Waals surface area contributed by atoms with E-state index in [0.717, 1.165) is 13.0 Å². The number of nitrogens with one attached hydrogen (secondary N) is 2. The molecule has 0 unspecified atom stereocenters. The Hall–Kier alpha value is -3.22. The van der Waals surface area contributed by atoms with Gasteiger partial charge in [0.15, 0.2) is 5.78 Å². The quantitative estimate of drug-likeness (QED) is 0.432. The molecule has 0 bridgehead atoms. The van der Waals surface area contributed by atoms with Gasteiger partial charge in [-0.15, -0.1) is 0 Å². The van der Waals surface area contributed by atoms with Crippen LogP contribution >= 0.6 is 0 Å². The molecule has 0 atom stereocenters. The lowest BCUT2D eigenvalue weighted by Crippen LogP contribution is -2.24. The zero-order valence-electron chi connectivity index (χ0n) is 14.9. The molecule has 1 aromatic carbocycles. The van der Waals surface area contributed by atoms with Gasteiger partial charge >= 0.3 is 0 Å². The molecule has 136 valence electrons. The van der Waals surface area contributed by atoms with Gasteiger partial charge in [-0.1, -0.05) is 0 Å². The van der Waals surface area contributed by atoms with Gasteiger partial charge in [0, 0.05) is 48.4 Å². The smallest absolute Gasteiger partial charge is 0.251 e. The van der Waals surface area contributed by atoms with Crippen LogP contribution in [0.5, 0.6) is 0 Å². The zero-order valence-corrected chi connectivity index (χ0v) is 14.9. The number of Topliss-reactive ketones (excluding diaryl/α,β-unsaturated/α-hetero) is 1. The number of aromatic nitrogens is 2. The number of ketones is 1. The summed E-state index contributed by atoms with van der Waals surface area (Å²) in [6.45, 7) is 4.33. The first kappa shape index (κ1) is 19.1. The van der Waals surface area contributed by atoms with E-state index < -0.39 is 0 Å². The van der Waals surface area contributed by atoms with Gasteiger partial charge in [0.2, 0.25) is 5.91 Å². The summed E-state index contributed by atoms with van der Waals surface area (Å²) in [6, 6.07) is 6.59. The third-order valence-electron chi connectivity index (χ3n) is 3.71. The number of benzene rings is 1. The molecule has 2 rings (SSSR count). The van der Waals surface area contributed by atoms with E-state index in [9.17, 15) is 14.4 Å². The summed E-state index contributed by atoms with van der Waals surface area (Å²) >= 11 is 0. The molecule has 2 N–H and O–H groups in total. The van der Waals surface area contributed by atoms with Crippen LogP contribution in [0.1, 0.15) is 30.6 Å². The highest BCUT2D eigenvalue weighted by Crippen LogP contribution is 2.11. The Morgan fingerprint density at radius 1 is 1.15 bits per heavy atom. The van der Waals surface area contributed by atoms with Gasteiger partial charge in [-0.05, 0) is 44.5 Å². The second kappa shape index (κ2) is 9.31. The Balaban J connectivity index is 1.78. The van der Waals surface area contributed by atoms with E-state index in [4.69, 9.17) is 0 Å². The third kappa shape index (κ3) is 6.01. The molecule has 0 spiro atoms. The average molecular weight is 354 g/mol. The first-order valence-corrected chi connectivity index (χ1v) is 8.30. The summed E-state index contributed by atoms with van der Waals surface area (Å²) in [7, 11) is 0. The monoisotopic (exact) mass is 354 g/mol. The summed E-state index contributed by atoms with van der Waals surface area (Å²) in [6.07, 6.45) is 7.33. The molecular weight excluding hydrogens is 332 g/mol. The number of amides is 2. The van der Waals surface area contributed by atoms with Gasteiger partial charge in [0.05, 0.1) is 6.33 Å². The van der Waals surface area contributed by atoms with E-state index in [1.165, 1.54) is 13.0 Å². The summed E-state index contributed by atoms with van der Waals surface area (Å²) in [5, 5.41) is 5.44. The lowest BCUT2D eigenvalue weighted by molar-refractivity contribution is -0.117. The fourth-order valence-corrected chi connectivity index (χ4v) is 2.22. The summed E-state index contributed by atoms with van der Waals surface area (Å²) in [5.74, 6) is -0.715. The molecule has 0 fully saturated rings.